The molecule has 0 saturated carbocycles. The van der Waals surface area contributed by atoms with E-state index < -0.39 is 0 Å². The Kier molecular flexibility index (Phi) is 4.76. The molecule has 5 nitrogen and oxygen atoms in total. The molecule has 1 saturated heterocycles. The van der Waals surface area contributed by atoms with Crippen molar-refractivity contribution in [2.24, 2.45) is 7.05 Å². The fraction of sp³-hybridized carbons (Fsp3) is 0.611. The number of nitrogens with zero attached hydrogens (tertiary/aromatic N) is 4. The van der Waals surface area contributed by atoms with Gasteiger partial charge in [-0.1, -0.05) is 0 Å². The van der Waals surface area contributed by atoms with Crippen molar-refractivity contribution < 1.29 is 4.79 Å². The minimum Gasteiger partial charge on any atom is -0.333 e. The van der Waals surface area contributed by atoms with Crippen LogP contribution < -0.4 is 0 Å². The van der Waals surface area contributed by atoms with E-state index in [-0.39, 0.29) is 17.9 Å². The van der Waals surface area contributed by atoms with E-state index in [1.165, 1.54) is 0 Å². The molecule has 0 unspecified atom stereocenters. The number of hydrogen-bond acceptors (Lipinski definition) is 4. The van der Waals surface area contributed by atoms with Crippen molar-refractivity contribution >= 4 is 17.2 Å². The summed E-state index contributed by atoms with van der Waals surface area (Å²) in [5, 5.41) is 7.63. The van der Waals surface area contributed by atoms with Crippen molar-refractivity contribution in [3.63, 3.8) is 0 Å². The molecule has 0 radical (unpaired) electrons. The lowest BCUT2D eigenvalue weighted by molar-refractivity contribution is -0.136. The van der Waals surface area contributed by atoms with Gasteiger partial charge in [0.2, 0.25) is 5.91 Å². The van der Waals surface area contributed by atoms with Gasteiger partial charge < -0.3 is 4.90 Å². The minimum absolute atomic E-state index is 0.129. The lowest BCUT2D eigenvalue weighted by atomic mass is 9.94. The summed E-state index contributed by atoms with van der Waals surface area (Å²) in [6, 6.07) is 0.129. The third-order valence-electron chi connectivity index (χ3n) is 5.08. The average molecular weight is 347 g/mol. The van der Waals surface area contributed by atoms with Crippen LogP contribution in [0, 0.1) is 20.8 Å². The molecule has 0 spiro atoms. The molecule has 6 heteroatoms. The van der Waals surface area contributed by atoms with Crippen molar-refractivity contribution in [2.75, 3.05) is 6.54 Å². The van der Waals surface area contributed by atoms with Crippen LogP contribution in [0.5, 0.6) is 0 Å². The molecule has 24 heavy (non-hydrogen) atoms. The van der Waals surface area contributed by atoms with E-state index in [4.69, 9.17) is 0 Å². The molecule has 0 aromatic carbocycles. The van der Waals surface area contributed by atoms with Gasteiger partial charge in [-0.15, -0.1) is 11.3 Å². The maximum absolute atomic E-state index is 13.3. The van der Waals surface area contributed by atoms with Crippen LogP contribution in [0.4, 0.5) is 0 Å². The highest BCUT2D eigenvalue weighted by Gasteiger charge is 2.34. The number of piperidine rings is 1. The van der Waals surface area contributed by atoms with Crippen molar-refractivity contribution in [2.45, 2.75) is 58.9 Å². The fourth-order valence-corrected chi connectivity index (χ4v) is 4.71. The molecule has 2 atom stereocenters. The molecular formula is C18H26N4OS. The number of carbonyl (C=O) groups excluding carboxylic acids is 1. The van der Waals surface area contributed by atoms with E-state index in [9.17, 15) is 4.79 Å². The zero-order valence-corrected chi connectivity index (χ0v) is 16.0. The van der Waals surface area contributed by atoms with Gasteiger partial charge in [-0.25, -0.2) is 4.98 Å². The zero-order chi connectivity index (χ0) is 17.4. The second-order valence-electron chi connectivity index (χ2n) is 6.80. The molecule has 3 rings (SSSR count). The monoisotopic (exact) mass is 346 g/mol. The number of hydrogen-bond donors (Lipinski definition) is 0. The zero-order valence-electron chi connectivity index (χ0n) is 15.2. The normalized spacial score (nSPS) is 19.5. The summed E-state index contributed by atoms with van der Waals surface area (Å²) in [7, 11) is 1.94. The predicted molar refractivity (Wildman–Crippen MR) is 96.3 cm³/mol. The minimum atomic E-state index is -0.166. The molecule has 3 heterocycles. The van der Waals surface area contributed by atoms with Crippen molar-refractivity contribution in [1.82, 2.24) is 19.7 Å². The standard InChI is InChI=1S/C18H26N4OS/c1-11-10-24-17(19-11)15-8-6-7-9-22(15)18(23)12(2)16-13(3)20-21(5)14(16)4/h10,12,15H,6-9H2,1-5H3/t12-,15+/m1/s1. The summed E-state index contributed by atoms with van der Waals surface area (Å²) in [6.07, 6.45) is 3.24. The van der Waals surface area contributed by atoms with E-state index in [1.54, 1.807) is 11.3 Å². The third kappa shape index (κ3) is 2.99. The summed E-state index contributed by atoms with van der Waals surface area (Å²) >= 11 is 1.67. The van der Waals surface area contributed by atoms with Gasteiger partial charge in [0.05, 0.1) is 17.7 Å². The highest BCUT2D eigenvalue weighted by atomic mass is 32.1. The number of amides is 1. The van der Waals surface area contributed by atoms with Crippen LogP contribution in [0.3, 0.4) is 0 Å². The summed E-state index contributed by atoms with van der Waals surface area (Å²) in [6.45, 7) is 8.88. The van der Waals surface area contributed by atoms with E-state index >= 15 is 0 Å². The number of aromatic nitrogens is 3. The Bertz CT molecular complexity index is 748. The van der Waals surface area contributed by atoms with Gasteiger partial charge >= 0.3 is 0 Å². The highest BCUT2D eigenvalue weighted by Crippen LogP contribution is 2.35. The maximum Gasteiger partial charge on any atom is 0.230 e. The van der Waals surface area contributed by atoms with Crippen LogP contribution in [0.25, 0.3) is 0 Å². The topological polar surface area (TPSA) is 51.0 Å². The smallest absolute Gasteiger partial charge is 0.230 e. The molecule has 1 aliphatic heterocycles. The van der Waals surface area contributed by atoms with Crippen LogP contribution in [-0.4, -0.2) is 32.1 Å². The first-order valence-electron chi connectivity index (χ1n) is 8.62. The van der Waals surface area contributed by atoms with E-state index in [2.05, 4.69) is 20.4 Å². The van der Waals surface area contributed by atoms with E-state index in [0.717, 1.165) is 53.5 Å². The number of thiazole rings is 1. The van der Waals surface area contributed by atoms with E-state index in [0.29, 0.717) is 0 Å². The van der Waals surface area contributed by atoms with Gasteiger partial charge in [-0.2, -0.15) is 5.10 Å². The van der Waals surface area contributed by atoms with Crippen molar-refractivity contribution in [3.8, 4) is 0 Å². The SMILES string of the molecule is Cc1csc([C@@H]2CCCCN2C(=O)[C@H](C)c2c(C)nn(C)c2C)n1. The van der Waals surface area contributed by atoms with Crippen LogP contribution in [0.2, 0.25) is 0 Å². The Balaban J connectivity index is 1.88. The number of carbonyl (C=O) groups is 1. The van der Waals surface area contributed by atoms with Gasteiger partial charge in [0.1, 0.15) is 5.01 Å². The molecule has 0 N–H and O–H groups in total. The lowest BCUT2D eigenvalue weighted by Crippen LogP contribution is -2.40. The van der Waals surface area contributed by atoms with Crippen molar-refractivity contribution in [3.05, 3.63) is 33.0 Å². The van der Waals surface area contributed by atoms with Gasteiger partial charge in [-0.3, -0.25) is 9.48 Å². The summed E-state index contributed by atoms with van der Waals surface area (Å²) in [5.74, 6) is 0.0344. The second kappa shape index (κ2) is 6.67. The number of likely N-dealkylation sites (tertiary alicyclic amines) is 1. The van der Waals surface area contributed by atoms with Gasteiger partial charge in [-0.05, 0) is 47.0 Å². The van der Waals surface area contributed by atoms with Crippen LogP contribution >= 0.6 is 11.3 Å². The summed E-state index contributed by atoms with van der Waals surface area (Å²) < 4.78 is 1.87. The lowest BCUT2D eigenvalue weighted by Gasteiger charge is -2.36. The number of rotatable bonds is 3. The van der Waals surface area contributed by atoms with Crippen LogP contribution in [0.15, 0.2) is 5.38 Å². The second-order valence-corrected chi connectivity index (χ2v) is 7.69. The van der Waals surface area contributed by atoms with Crippen LogP contribution in [-0.2, 0) is 11.8 Å². The molecule has 130 valence electrons. The average Bonchev–Trinajstić information content (AvgIpc) is 3.10. The summed E-state index contributed by atoms with van der Waals surface area (Å²) in [4.78, 5) is 20.0. The maximum atomic E-state index is 13.3. The van der Waals surface area contributed by atoms with Gasteiger partial charge in [0, 0.05) is 35.9 Å². The first-order chi connectivity index (χ1) is 11.4. The predicted octanol–water partition coefficient (Wildman–Crippen LogP) is 3.66. The Morgan fingerprint density at radius 1 is 1.33 bits per heavy atom. The van der Waals surface area contributed by atoms with Gasteiger partial charge in [0.15, 0.2) is 0 Å². The molecule has 1 aliphatic rings. The highest BCUT2D eigenvalue weighted by molar-refractivity contribution is 7.09. The Labute approximate surface area is 147 Å². The molecule has 1 fully saturated rings. The first-order valence-corrected chi connectivity index (χ1v) is 9.50. The molecule has 1 amide bonds. The van der Waals surface area contributed by atoms with Crippen molar-refractivity contribution in [1.29, 1.82) is 0 Å². The van der Waals surface area contributed by atoms with E-state index in [1.807, 2.05) is 39.4 Å². The third-order valence-corrected chi connectivity index (χ3v) is 6.14. The Morgan fingerprint density at radius 3 is 2.67 bits per heavy atom. The molecule has 2 aromatic rings. The summed E-state index contributed by atoms with van der Waals surface area (Å²) in [5.41, 5.74) is 4.14. The van der Waals surface area contributed by atoms with Crippen LogP contribution in [0.1, 0.15) is 65.8 Å². The molecule has 0 bridgehead atoms. The van der Waals surface area contributed by atoms with Gasteiger partial charge in [0.25, 0.3) is 0 Å². The Hall–Kier alpha value is -1.69. The molecule has 2 aromatic heterocycles. The quantitative estimate of drug-likeness (QED) is 0.852. The molecular weight excluding hydrogens is 320 g/mol. The number of aryl methyl sites for hydroxylation is 3. The molecule has 0 aliphatic carbocycles. The fourth-order valence-electron chi connectivity index (χ4n) is 3.77. The Morgan fingerprint density at radius 2 is 2.08 bits per heavy atom. The first kappa shape index (κ1) is 17.1. The largest absolute Gasteiger partial charge is 0.333 e.